The maximum atomic E-state index is 10.4. The Morgan fingerprint density at radius 3 is 1.62 bits per heavy atom. The van der Waals surface area contributed by atoms with E-state index in [1.807, 2.05) is 6.07 Å². The molecule has 2 rings (SSSR count). The Morgan fingerprint density at radius 2 is 1.46 bits per heavy atom. The monoisotopic (exact) mass is 464 g/mol. The minimum absolute atomic E-state index is 0. The van der Waals surface area contributed by atoms with Gasteiger partial charge in [-0.3, -0.25) is 10.9 Å². The van der Waals surface area contributed by atoms with Gasteiger partial charge in [0.05, 0.1) is 0 Å². The van der Waals surface area contributed by atoms with Crippen LogP contribution in [-0.4, -0.2) is 16.9 Å². The third kappa shape index (κ3) is 12.2. The van der Waals surface area contributed by atoms with Crippen molar-refractivity contribution in [1.29, 1.82) is 0 Å². The molecule has 0 heterocycles. The Morgan fingerprint density at radius 1 is 1.04 bits per heavy atom. The van der Waals surface area contributed by atoms with Crippen molar-refractivity contribution in [3.8, 4) is 0 Å². The summed E-state index contributed by atoms with van der Waals surface area (Å²) in [5.74, 6) is 0.181. The van der Waals surface area contributed by atoms with E-state index in [-0.39, 0.29) is 82.7 Å². The van der Waals surface area contributed by atoms with Crippen LogP contribution >= 0.6 is 0 Å². The first-order valence-electron chi connectivity index (χ1n) is 6.06. The normalized spacial score (nSPS) is 13.5. The molecule has 0 fully saturated rings. The van der Waals surface area contributed by atoms with E-state index in [1.54, 1.807) is 24.3 Å². The zero-order valence-electron chi connectivity index (χ0n) is 14.7. The van der Waals surface area contributed by atoms with Gasteiger partial charge in [0, 0.05) is 5.56 Å². The quantitative estimate of drug-likeness (QED) is 0.347. The standard InChI is InChI=1S/C9H13.C7H7NO.2CH3.2ClH.H4Si.Zr/c1-6-5-7(2)9(4)8(6)3;8-7(9)6-4-2-1-3-5-6;;;;;;/h6H,1-4H3;1-5H,(H2,8,9);2*1H3;2*1H;1H4;/q-1;;2*-1;;;;+2/p-2. The molecule has 1 atom stereocenters. The van der Waals surface area contributed by atoms with Crippen molar-refractivity contribution in [2.75, 3.05) is 0 Å². The molecule has 0 bridgehead atoms. The summed E-state index contributed by atoms with van der Waals surface area (Å²) in [5.41, 5.74) is 9.77. The van der Waals surface area contributed by atoms with Gasteiger partial charge in [-0.15, -0.1) is 6.92 Å². The number of rotatable bonds is 1. The molecule has 0 aliphatic heterocycles. The number of allylic oxidation sites excluding steroid dienone is 4. The van der Waals surface area contributed by atoms with Gasteiger partial charge in [-0.1, -0.05) is 44.9 Å². The van der Waals surface area contributed by atoms with Gasteiger partial charge >= 0.3 is 26.2 Å². The van der Waals surface area contributed by atoms with Crippen molar-refractivity contribution in [3.63, 3.8) is 0 Å². The predicted octanol–water partition coefficient (Wildman–Crippen LogP) is -3.04. The minimum atomic E-state index is -0.379. The molecule has 24 heavy (non-hydrogen) atoms. The van der Waals surface area contributed by atoms with Gasteiger partial charge in [0.15, 0.2) is 0 Å². The molecule has 1 amide bonds. The summed E-state index contributed by atoms with van der Waals surface area (Å²) in [6.45, 7) is 8.67. The number of carbonyl (C=O) groups excluding carboxylic acids is 1. The van der Waals surface area contributed by atoms with E-state index in [1.165, 1.54) is 16.7 Å². The summed E-state index contributed by atoms with van der Waals surface area (Å²) in [6, 6.07) is 8.76. The molecular formula is C18H30Cl2NOSiZr-3. The molecule has 138 valence electrons. The fourth-order valence-electron chi connectivity index (χ4n) is 1.76. The van der Waals surface area contributed by atoms with Crippen LogP contribution in [0.4, 0.5) is 0 Å². The van der Waals surface area contributed by atoms with Crippen molar-refractivity contribution in [1.82, 2.24) is 0 Å². The molecule has 1 aliphatic rings. The maximum Gasteiger partial charge on any atom is 2.00 e. The van der Waals surface area contributed by atoms with Crippen LogP contribution in [0.25, 0.3) is 0 Å². The molecule has 0 radical (unpaired) electrons. The summed E-state index contributed by atoms with van der Waals surface area (Å²) < 4.78 is 0. The van der Waals surface area contributed by atoms with Crippen LogP contribution in [0.2, 0.25) is 0 Å². The molecule has 0 spiro atoms. The van der Waals surface area contributed by atoms with E-state index >= 15 is 0 Å². The smallest absolute Gasteiger partial charge is 1.00 e. The van der Waals surface area contributed by atoms with Gasteiger partial charge < -0.3 is 45.4 Å². The van der Waals surface area contributed by atoms with Gasteiger partial charge in [-0.2, -0.15) is 11.1 Å². The largest absolute Gasteiger partial charge is 2.00 e. The second-order valence-corrected chi connectivity index (χ2v) is 4.53. The number of primary amides is 1. The first-order chi connectivity index (χ1) is 8.43. The second-order valence-electron chi connectivity index (χ2n) is 4.53. The van der Waals surface area contributed by atoms with Crippen LogP contribution in [0, 0.1) is 26.8 Å². The summed E-state index contributed by atoms with van der Waals surface area (Å²) >= 11 is 0. The van der Waals surface area contributed by atoms with Crippen LogP contribution in [0.3, 0.4) is 0 Å². The number of nitrogens with two attached hydrogens (primary N) is 1. The summed E-state index contributed by atoms with van der Waals surface area (Å²) in [6.07, 6.45) is 3.36. The van der Waals surface area contributed by atoms with Crippen LogP contribution in [-0.2, 0) is 26.2 Å². The van der Waals surface area contributed by atoms with E-state index in [4.69, 9.17) is 5.73 Å². The fraction of sp³-hybridized carbons (Fsp3) is 0.278. The van der Waals surface area contributed by atoms with Crippen molar-refractivity contribution in [2.24, 2.45) is 11.7 Å². The Kier molecular flexibility index (Phi) is 31.2. The Balaban J connectivity index is -0.0000000540. The average molecular weight is 467 g/mol. The summed E-state index contributed by atoms with van der Waals surface area (Å²) in [7, 11) is 0. The first-order valence-corrected chi connectivity index (χ1v) is 6.06. The first kappa shape index (κ1) is 39.1. The zero-order valence-corrected chi connectivity index (χ0v) is 18.7. The van der Waals surface area contributed by atoms with E-state index in [2.05, 4.69) is 33.8 Å². The fourth-order valence-corrected chi connectivity index (χ4v) is 1.76. The molecule has 1 unspecified atom stereocenters. The zero-order chi connectivity index (χ0) is 13.7. The van der Waals surface area contributed by atoms with E-state index < -0.39 is 0 Å². The van der Waals surface area contributed by atoms with E-state index in [9.17, 15) is 4.79 Å². The van der Waals surface area contributed by atoms with E-state index in [0.29, 0.717) is 11.5 Å². The maximum absolute atomic E-state index is 10.4. The molecular weight excluding hydrogens is 436 g/mol. The SMILES string of the molecule is CC1=[C-]C(C)C(C)=C1C.NC(=O)c1ccccc1.[CH3-].[CH3-].[Cl-].[Cl-].[SiH4].[Zr+2]. The van der Waals surface area contributed by atoms with Crippen LogP contribution in [0.15, 0.2) is 47.1 Å². The predicted molar refractivity (Wildman–Crippen MR) is 99.1 cm³/mol. The van der Waals surface area contributed by atoms with Crippen LogP contribution in [0.5, 0.6) is 0 Å². The molecule has 1 aromatic rings. The third-order valence-corrected chi connectivity index (χ3v) is 3.29. The minimum Gasteiger partial charge on any atom is -1.00 e. The number of halogens is 2. The van der Waals surface area contributed by atoms with Crippen molar-refractivity contribution >= 4 is 16.9 Å². The number of carbonyl (C=O) groups is 1. The van der Waals surface area contributed by atoms with E-state index in [0.717, 1.165) is 0 Å². The molecule has 1 aliphatic carbocycles. The molecule has 0 aromatic heterocycles. The summed E-state index contributed by atoms with van der Waals surface area (Å²) in [4.78, 5) is 10.4. The molecule has 2 N–H and O–H groups in total. The second kappa shape index (κ2) is 19.2. The molecule has 1 aromatic carbocycles. The van der Waals surface area contributed by atoms with Crippen LogP contribution < -0.4 is 30.5 Å². The summed E-state index contributed by atoms with van der Waals surface area (Å²) in [5, 5.41) is 0. The Hall–Kier alpha value is -0.150. The number of benzene rings is 1. The number of hydrogen-bond donors (Lipinski definition) is 1. The van der Waals surface area contributed by atoms with Gasteiger partial charge in [0.1, 0.15) is 0 Å². The van der Waals surface area contributed by atoms with Crippen molar-refractivity contribution in [2.45, 2.75) is 27.7 Å². The molecule has 2 nitrogen and oxygen atoms in total. The Bertz CT molecular complexity index is 505. The molecule has 0 saturated heterocycles. The third-order valence-electron chi connectivity index (χ3n) is 3.29. The molecule has 0 saturated carbocycles. The van der Waals surface area contributed by atoms with Crippen LogP contribution in [0.1, 0.15) is 38.1 Å². The van der Waals surface area contributed by atoms with Gasteiger partial charge in [-0.25, -0.2) is 5.57 Å². The van der Waals surface area contributed by atoms with Gasteiger partial charge in [-0.05, 0) is 23.1 Å². The Labute approximate surface area is 184 Å². The van der Waals surface area contributed by atoms with Gasteiger partial charge in [0.2, 0.25) is 5.91 Å². The van der Waals surface area contributed by atoms with Gasteiger partial charge in [0.25, 0.3) is 0 Å². The molecule has 6 heteroatoms. The average Bonchev–Trinajstić information content (AvgIpc) is 2.58. The number of hydrogen-bond acceptors (Lipinski definition) is 1. The number of amides is 1. The van der Waals surface area contributed by atoms with Crippen molar-refractivity contribution < 1.29 is 55.8 Å². The topological polar surface area (TPSA) is 43.1 Å². The van der Waals surface area contributed by atoms with Crippen molar-refractivity contribution in [3.05, 3.63) is 73.5 Å².